The van der Waals surface area contributed by atoms with Gasteiger partial charge in [0.15, 0.2) is 0 Å². The van der Waals surface area contributed by atoms with Crippen LogP contribution in [-0.2, 0) is 4.74 Å². The number of hydrogen-bond acceptors (Lipinski definition) is 6. The second-order valence-corrected chi connectivity index (χ2v) is 3.89. The average molecular weight is 240 g/mol. The van der Waals surface area contributed by atoms with E-state index in [-0.39, 0.29) is 6.04 Å². The Morgan fingerprint density at radius 1 is 1.41 bits per heavy atom. The smallest absolute Gasteiger partial charge is 0.216 e. The highest BCUT2D eigenvalue weighted by Crippen LogP contribution is 2.23. The Labute approximate surface area is 102 Å². The molecule has 1 heterocycles. The lowest BCUT2D eigenvalue weighted by Crippen LogP contribution is -2.33. The second-order valence-electron chi connectivity index (χ2n) is 3.89. The number of nitrogens with two attached hydrogens (primary N) is 1. The summed E-state index contributed by atoms with van der Waals surface area (Å²) in [5.41, 5.74) is 3.60. The third kappa shape index (κ3) is 3.92. The minimum Gasteiger partial charge on any atom is -0.481 e. The van der Waals surface area contributed by atoms with Crippen LogP contribution in [0.25, 0.3) is 0 Å². The molecule has 3 N–H and O–H groups in total. The normalized spacial score (nSPS) is 14.4. The van der Waals surface area contributed by atoms with Gasteiger partial charge in [-0.15, -0.1) is 0 Å². The topological polar surface area (TPSA) is 82.3 Å². The standard InChI is InChI=1S/C11H20N4O2/c1-8(4-5-16-2)11(15-12)9-6-10(17-3)14-7-13-9/h6-8,11,15H,4-5,12H2,1-3H3. The zero-order valence-electron chi connectivity index (χ0n) is 10.5. The van der Waals surface area contributed by atoms with Crippen molar-refractivity contribution in [3.63, 3.8) is 0 Å². The van der Waals surface area contributed by atoms with Gasteiger partial charge in [-0.25, -0.2) is 9.97 Å². The van der Waals surface area contributed by atoms with Crippen molar-refractivity contribution in [2.75, 3.05) is 20.8 Å². The molecule has 0 amide bonds. The number of rotatable bonds is 7. The van der Waals surface area contributed by atoms with E-state index in [0.29, 0.717) is 18.4 Å². The maximum Gasteiger partial charge on any atom is 0.216 e. The first-order valence-electron chi connectivity index (χ1n) is 5.54. The van der Waals surface area contributed by atoms with Crippen molar-refractivity contribution in [2.45, 2.75) is 19.4 Å². The van der Waals surface area contributed by atoms with E-state index in [1.54, 1.807) is 20.3 Å². The zero-order chi connectivity index (χ0) is 12.7. The Hall–Kier alpha value is -1.24. The lowest BCUT2D eigenvalue weighted by Gasteiger charge is -2.22. The first-order valence-corrected chi connectivity index (χ1v) is 5.54. The van der Waals surface area contributed by atoms with Crippen molar-refractivity contribution in [1.29, 1.82) is 0 Å². The fourth-order valence-corrected chi connectivity index (χ4v) is 1.65. The van der Waals surface area contributed by atoms with Crippen LogP contribution in [-0.4, -0.2) is 30.8 Å². The highest BCUT2D eigenvalue weighted by atomic mass is 16.5. The summed E-state index contributed by atoms with van der Waals surface area (Å²) in [5, 5.41) is 0. The molecule has 0 spiro atoms. The summed E-state index contributed by atoms with van der Waals surface area (Å²) in [5.74, 6) is 6.42. The molecule has 1 aromatic heterocycles. The van der Waals surface area contributed by atoms with Gasteiger partial charge < -0.3 is 9.47 Å². The predicted molar refractivity (Wildman–Crippen MR) is 64.3 cm³/mol. The summed E-state index contributed by atoms with van der Waals surface area (Å²) in [6.07, 6.45) is 2.37. The second kappa shape index (κ2) is 7.16. The Kier molecular flexibility index (Phi) is 5.82. The minimum absolute atomic E-state index is 0.0398. The van der Waals surface area contributed by atoms with Gasteiger partial charge in [-0.05, 0) is 12.3 Å². The highest BCUT2D eigenvalue weighted by molar-refractivity contribution is 5.16. The van der Waals surface area contributed by atoms with Crippen LogP contribution in [0.5, 0.6) is 5.88 Å². The Morgan fingerprint density at radius 2 is 2.18 bits per heavy atom. The third-order valence-electron chi connectivity index (χ3n) is 2.72. The van der Waals surface area contributed by atoms with Crippen molar-refractivity contribution < 1.29 is 9.47 Å². The molecule has 0 saturated heterocycles. The van der Waals surface area contributed by atoms with E-state index >= 15 is 0 Å². The molecule has 0 saturated carbocycles. The Morgan fingerprint density at radius 3 is 2.76 bits per heavy atom. The largest absolute Gasteiger partial charge is 0.481 e. The molecule has 2 unspecified atom stereocenters. The number of nitrogens with one attached hydrogen (secondary N) is 1. The predicted octanol–water partition coefficient (Wildman–Crippen LogP) is 0.662. The number of ether oxygens (including phenoxy) is 2. The number of aromatic nitrogens is 2. The molecular formula is C11H20N4O2. The van der Waals surface area contributed by atoms with Crippen LogP contribution >= 0.6 is 0 Å². The first-order chi connectivity index (χ1) is 8.22. The SMILES string of the molecule is COCCC(C)C(NN)c1cc(OC)ncn1. The van der Waals surface area contributed by atoms with Gasteiger partial charge in [0.1, 0.15) is 6.33 Å². The van der Waals surface area contributed by atoms with Crippen molar-refractivity contribution in [3.05, 3.63) is 18.1 Å². The summed E-state index contributed by atoms with van der Waals surface area (Å²) in [7, 11) is 3.26. The molecule has 1 rings (SSSR count). The fraction of sp³-hybridized carbons (Fsp3) is 0.636. The summed E-state index contributed by atoms with van der Waals surface area (Å²) in [6.45, 7) is 2.79. The average Bonchev–Trinajstić information content (AvgIpc) is 2.37. The van der Waals surface area contributed by atoms with Gasteiger partial charge in [0, 0.05) is 19.8 Å². The van der Waals surface area contributed by atoms with Crippen LogP contribution in [0, 0.1) is 5.92 Å². The minimum atomic E-state index is -0.0398. The van der Waals surface area contributed by atoms with Gasteiger partial charge >= 0.3 is 0 Å². The molecule has 6 nitrogen and oxygen atoms in total. The molecule has 96 valence electrons. The van der Waals surface area contributed by atoms with Crippen molar-refractivity contribution >= 4 is 0 Å². The molecule has 0 aliphatic heterocycles. The van der Waals surface area contributed by atoms with Gasteiger partial charge in [-0.1, -0.05) is 6.92 Å². The lowest BCUT2D eigenvalue weighted by molar-refractivity contribution is 0.169. The summed E-state index contributed by atoms with van der Waals surface area (Å²) < 4.78 is 10.1. The van der Waals surface area contributed by atoms with Crippen molar-refractivity contribution in [3.8, 4) is 5.88 Å². The van der Waals surface area contributed by atoms with Crippen LogP contribution < -0.4 is 16.0 Å². The van der Waals surface area contributed by atoms with Gasteiger partial charge in [-0.2, -0.15) is 0 Å². The van der Waals surface area contributed by atoms with E-state index in [1.807, 2.05) is 0 Å². The zero-order valence-corrected chi connectivity index (χ0v) is 10.5. The number of hydrogen-bond donors (Lipinski definition) is 2. The molecule has 0 fully saturated rings. The summed E-state index contributed by atoms with van der Waals surface area (Å²) in [4.78, 5) is 8.18. The molecule has 0 aliphatic carbocycles. The summed E-state index contributed by atoms with van der Waals surface area (Å²) in [6, 6.07) is 1.75. The molecule has 0 bridgehead atoms. The molecular weight excluding hydrogens is 220 g/mol. The number of hydrazine groups is 1. The van der Waals surface area contributed by atoms with Crippen LogP contribution in [0.2, 0.25) is 0 Å². The molecule has 6 heteroatoms. The molecule has 0 aliphatic rings. The van der Waals surface area contributed by atoms with Crippen molar-refractivity contribution in [2.24, 2.45) is 11.8 Å². The quantitative estimate of drug-likeness (QED) is 0.538. The van der Waals surface area contributed by atoms with Crippen LogP contribution in [0.4, 0.5) is 0 Å². The number of nitrogens with zero attached hydrogens (tertiary/aromatic N) is 2. The number of methoxy groups -OCH3 is 2. The van der Waals surface area contributed by atoms with Gasteiger partial charge in [0.05, 0.1) is 18.8 Å². The van der Waals surface area contributed by atoms with E-state index in [2.05, 4.69) is 22.3 Å². The maximum absolute atomic E-state index is 5.58. The molecule has 1 aromatic rings. The van der Waals surface area contributed by atoms with Gasteiger partial charge in [-0.3, -0.25) is 11.3 Å². The van der Waals surface area contributed by atoms with Crippen LogP contribution in [0.3, 0.4) is 0 Å². The maximum atomic E-state index is 5.58. The molecule has 0 radical (unpaired) electrons. The molecule has 2 atom stereocenters. The molecule has 17 heavy (non-hydrogen) atoms. The third-order valence-corrected chi connectivity index (χ3v) is 2.72. The monoisotopic (exact) mass is 240 g/mol. The van der Waals surface area contributed by atoms with Gasteiger partial charge in [0.25, 0.3) is 0 Å². The highest BCUT2D eigenvalue weighted by Gasteiger charge is 2.19. The van der Waals surface area contributed by atoms with E-state index in [9.17, 15) is 0 Å². The van der Waals surface area contributed by atoms with E-state index in [1.165, 1.54) is 6.33 Å². The van der Waals surface area contributed by atoms with E-state index in [0.717, 1.165) is 12.1 Å². The van der Waals surface area contributed by atoms with Gasteiger partial charge in [0.2, 0.25) is 5.88 Å². The van der Waals surface area contributed by atoms with Crippen molar-refractivity contribution in [1.82, 2.24) is 15.4 Å². The summed E-state index contributed by atoms with van der Waals surface area (Å²) >= 11 is 0. The van der Waals surface area contributed by atoms with Crippen LogP contribution in [0.1, 0.15) is 25.1 Å². The lowest BCUT2D eigenvalue weighted by atomic mass is 9.96. The Balaban J connectivity index is 2.77. The fourth-order valence-electron chi connectivity index (χ4n) is 1.65. The Bertz CT molecular complexity index is 335. The van der Waals surface area contributed by atoms with E-state index < -0.39 is 0 Å². The van der Waals surface area contributed by atoms with Crippen LogP contribution in [0.15, 0.2) is 12.4 Å². The van der Waals surface area contributed by atoms with E-state index in [4.69, 9.17) is 15.3 Å². The first kappa shape index (κ1) is 13.8. The molecule has 0 aromatic carbocycles.